The Morgan fingerprint density at radius 2 is 1.59 bits per heavy atom. The van der Waals surface area contributed by atoms with Crippen molar-refractivity contribution >= 4 is 23.6 Å². The SMILES string of the molecule is C[C@@H](NC(=O)/C(C#N)=C\c1ccccc1OCC(=O)Nc1ccccc1)c1ccccc1. The van der Waals surface area contributed by atoms with Crippen LogP contribution in [0.4, 0.5) is 5.69 Å². The third-order valence-corrected chi connectivity index (χ3v) is 4.65. The zero-order valence-corrected chi connectivity index (χ0v) is 17.6. The van der Waals surface area contributed by atoms with E-state index in [4.69, 9.17) is 4.74 Å². The van der Waals surface area contributed by atoms with Crippen molar-refractivity contribution in [2.75, 3.05) is 11.9 Å². The summed E-state index contributed by atoms with van der Waals surface area (Å²) in [5.41, 5.74) is 2.08. The molecular weight excluding hydrogens is 402 g/mol. The van der Waals surface area contributed by atoms with Gasteiger partial charge >= 0.3 is 0 Å². The monoisotopic (exact) mass is 425 g/mol. The number of nitrogens with one attached hydrogen (secondary N) is 2. The molecule has 3 aromatic rings. The summed E-state index contributed by atoms with van der Waals surface area (Å²) in [6, 6.07) is 27.2. The molecule has 6 nitrogen and oxygen atoms in total. The van der Waals surface area contributed by atoms with Crippen molar-refractivity contribution in [3.8, 4) is 11.8 Å². The topological polar surface area (TPSA) is 91.2 Å². The molecule has 3 rings (SSSR count). The third-order valence-electron chi connectivity index (χ3n) is 4.65. The molecule has 2 amide bonds. The fraction of sp³-hybridized carbons (Fsp3) is 0.115. The van der Waals surface area contributed by atoms with Crippen molar-refractivity contribution in [2.24, 2.45) is 0 Å². The highest BCUT2D eigenvalue weighted by atomic mass is 16.5. The lowest BCUT2D eigenvalue weighted by atomic mass is 10.1. The third kappa shape index (κ3) is 6.31. The highest BCUT2D eigenvalue weighted by Gasteiger charge is 2.15. The van der Waals surface area contributed by atoms with E-state index in [0.29, 0.717) is 17.0 Å². The van der Waals surface area contributed by atoms with Crippen LogP contribution >= 0.6 is 0 Å². The van der Waals surface area contributed by atoms with Gasteiger partial charge in [0.25, 0.3) is 11.8 Å². The van der Waals surface area contributed by atoms with E-state index in [1.165, 1.54) is 6.08 Å². The van der Waals surface area contributed by atoms with Crippen LogP contribution in [0.1, 0.15) is 24.1 Å². The van der Waals surface area contributed by atoms with Crippen LogP contribution in [-0.2, 0) is 9.59 Å². The lowest BCUT2D eigenvalue weighted by Crippen LogP contribution is -2.27. The highest BCUT2D eigenvalue weighted by Crippen LogP contribution is 2.22. The van der Waals surface area contributed by atoms with Gasteiger partial charge in [0.05, 0.1) is 6.04 Å². The zero-order chi connectivity index (χ0) is 22.8. The number of rotatable bonds is 8. The number of nitrogens with zero attached hydrogens (tertiary/aromatic N) is 1. The molecule has 0 radical (unpaired) electrons. The Kier molecular flexibility index (Phi) is 7.77. The normalized spacial score (nSPS) is 11.7. The van der Waals surface area contributed by atoms with Gasteiger partial charge in [0.15, 0.2) is 6.61 Å². The summed E-state index contributed by atoms with van der Waals surface area (Å²) < 4.78 is 5.65. The minimum absolute atomic E-state index is 0.0578. The number of hydrogen-bond acceptors (Lipinski definition) is 4. The van der Waals surface area contributed by atoms with Crippen LogP contribution in [0.3, 0.4) is 0 Å². The Hall–Kier alpha value is -4.37. The molecule has 0 aliphatic heterocycles. The number of carbonyl (C=O) groups excluding carboxylic acids is 2. The predicted octanol–water partition coefficient (Wildman–Crippen LogP) is 4.49. The molecule has 160 valence electrons. The number of carbonyl (C=O) groups is 2. The zero-order valence-electron chi connectivity index (χ0n) is 17.6. The number of amides is 2. The summed E-state index contributed by atoms with van der Waals surface area (Å²) in [5, 5.41) is 15.1. The lowest BCUT2D eigenvalue weighted by Gasteiger charge is -2.14. The van der Waals surface area contributed by atoms with E-state index in [2.05, 4.69) is 10.6 Å². The second-order valence-corrected chi connectivity index (χ2v) is 7.02. The minimum Gasteiger partial charge on any atom is -0.483 e. The van der Waals surface area contributed by atoms with Gasteiger partial charge in [-0.15, -0.1) is 0 Å². The Morgan fingerprint density at radius 3 is 2.28 bits per heavy atom. The van der Waals surface area contributed by atoms with E-state index in [9.17, 15) is 14.9 Å². The first-order valence-corrected chi connectivity index (χ1v) is 10.1. The summed E-state index contributed by atoms with van der Waals surface area (Å²) in [6.07, 6.45) is 1.46. The van der Waals surface area contributed by atoms with Crippen LogP contribution in [-0.4, -0.2) is 18.4 Å². The molecular formula is C26H23N3O3. The second-order valence-electron chi connectivity index (χ2n) is 7.02. The van der Waals surface area contributed by atoms with Gasteiger partial charge in [-0.25, -0.2) is 0 Å². The molecule has 0 spiro atoms. The number of benzene rings is 3. The summed E-state index contributed by atoms with van der Waals surface area (Å²) in [4.78, 5) is 24.8. The van der Waals surface area contributed by atoms with Crippen LogP contribution in [0.25, 0.3) is 6.08 Å². The summed E-state index contributed by atoms with van der Waals surface area (Å²) in [5.74, 6) is -0.405. The standard InChI is InChI=1S/C26H23N3O3/c1-19(20-10-4-2-5-11-20)28-26(31)22(17-27)16-21-12-8-9-15-24(21)32-18-25(30)29-23-13-6-3-7-14-23/h2-16,19H,18H2,1H3,(H,28,31)(H,29,30)/b22-16-/t19-/m1/s1. The maximum Gasteiger partial charge on any atom is 0.262 e. The molecule has 0 fully saturated rings. The quantitative estimate of drug-likeness (QED) is 0.411. The molecule has 3 aromatic carbocycles. The first-order valence-electron chi connectivity index (χ1n) is 10.1. The minimum atomic E-state index is -0.486. The molecule has 0 heterocycles. The number of para-hydroxylation sites is 2. The average molecular weight is 425 g/mol. The van der Waals surface area contributed by atoms with Crippen LogP contribution in [0.2, 0.25) is 0 Å². The molecule has 0 aromatic heterocycles. The van der Waals surface area contributed by atoms with Crippen molar-refractivity contribution in [2.45, 2.75) is 13.0 Å². The largest absolute Gasteiger partial charge is 0.483 e. The van der Waals surface area contributed by atoms with E-state index in [-0.39, 0.29) is 24.1 Å². The van der Waals surface area contributed by atoms with Crippen molar-refractivity contribution in [1.29, 1.82) is 5.26 Å². The predicted molar refractivity (Wildman–Crippen MR) is 124 cm³/mol. The maximum absolute atomic E-state index is 12.6. The molecule has 0 aliphatic carbocycles. The Balaban J connectivity index is 1.68. The molecule has 0 bridgehead atoms. The van der Waals surface area contributed by atoms with Gasteiger partial charge < -0.3 is 15.4 Å². The smallest absolute Gasteiger partial charge is 0.262 e. The number of hydrogen-bond donors (Lipinski definition) is 2. The fourth-order valence-electron chi connectivity index (χ4n) is 3.00. The Bertz CT molecular complexity index is 1140. The second kappa shape index (κ2) is 11.1. The Labute approximate surface area is 187 Å². The van der Waals surface area contributed by atoms with Gasteiger partial charge in [0.1, 0.15) is 17.4 Å². The van der Waals surface area contributed by atoms with Crippen LogP contribution in [0, 0.1) is 11.3 Å². The van der Waals surface area contributed by atoms with E-state index in [0.717, 1.165) is 5.56 Å². The average Bonchev–Trinajstić information content (AvgIpc) is 2.83. The van der Waals surface area contributed by atoms with Gasteiger partial charge in [-0.3, -0.25) is 9.59 Å². The molecule has 0 aliphatic rings. The number of nitriles is 1. The molecule has 0 saturated heterocycles. The summed E-state index contributed by atoms with van der Waals surface area (Å²) in [7, 11) is 0. The van der Waals surface area contributed by atoms with Gasteiger partial charge in [0.2, 0.25) is 0 Å². The summed E-state index contributed by atoms with van der Waals surface area (Å²) in [6.45, 7) is 1.64. The van der Waals surface area contributed by atoms with Crippen molar-refractivity contribution < 1.29 is 14.3 Å². The Morgan fingerprint density at radius 1 is 0.969 bits per heavy atom. The van der Waals surface area contributed by atoms with Crippen LogP contribution < -0.4 is 15.4 Å². The van der Waals surface area contributed by atoms with Gasteiger partial charge in [-0.05, 0) is 36.8 Å². The lowest BCUT2D eigenvalue weighted by molar-refractivity contribution is -0.118. The molecule has 2 N–H and O–H groups in total. The number of ether oxygens (including phenoxy) is 1. The first kappa shape index (κ1) is 22.3. The van der Waals surface area contributed by atoms with Crippen molar-refractivity contribution in [3.63, 3.8) is 0 Å². The van der Waals surface area contributed by atoms with Crippen molar-refractivity contribution in [1.82, 2.24) is 5.32 Å². The van der Waals surface area contributed by atoms with Gasteiger partial charge in [-0.2, -0.15) is 5.26 Å². The van der Waals surface area contributed by atoms with Crippen LogP contribution in [0.15, 0.2) is 90.5 Å². The highest BCUT2D eigenvalue weighted by molar-refractivity contribution is 6.02. The van der Waals surface area contributed by atoms with E-state index < -0.39 is 5.91 Å². The molecule has 32 heavy (non-hydrogen) atoms. The summed E-state index contributed by atoms with van der Waals surface area (Å²) >= 11 is 0. The fourth-order valence-corrected chi connectivity index (χ4v) is 3.00. The number of anilines is 1. The van der Waals surface area contributed by atoms with Crippen LogP contribution in [0.5, 0.6) is 5.75 Å². The van der Waals surface area contributed by atoms with E-state index >= 15 is 0 Å². The molecule has 0 saturated carbocycles. The first-order chi connectivity index (χ1) is 15.6. The molecule has 1 atom stereocenters. The molecule has 0 unspecified atom stereocenters. The maximum atomic E-state index is 12.6. The van der Waals surface area contributed by atoms with Crippen molar-refractivity contribution in [3.05, 3.63) is 102 Å². The van der Waals surface area contributed by atoms with E-state index in [1.807, 2.05) is 61.5 Å². The van der Waals surface area contributed by atoms with Gasteiger partial charge in [-0.1, -0.05) is 66.7 Å². The van der Waals surface area contributed by atoms with E-state index in [1.54, 1.807) is 36.4 Å². The van der Waals surface area contributed by atoms with Gasteiger partial charge in [0, 0.05) is 11.3 Å². The molecule has 6 heteroatoms.